The number of benzene rings is 1. The topological polar surface area (TPSA) is 55.5 Å². The molecule has 21 heavy (non-hydrogen) atoms. The van der Waals surface area contributed by atoms with Crippen LogP contribution in [0.15, 0.2) is 18.2 Å². The molecule has 0 aliphatic carbocycles. The number of rotatable bonds is 7. The summed E-state index contributed by atoms with van der Waals surface area (Å²) in [6, 6.07) is 3.50. The zero-order chi connectivity index (χ0) is 16.0. The van der Waals surface area contributed by atoms with E-state index < -0.39 is 11.7 Å². The fourth-order valence-corrected chi connectivity index (χ4v) is 2.27. The third kappa shape index (κ3) is 4.89. The Balaban J connectivity index is 3.10. The molecule has 0 amide bonds. The van der Waals surface area contributed by atoms with Crippen molar-refractivity contribution < 1.29 is 23.0 Å². The van der Waals surface area contributed by atoms with Crippen molar-refractivity contribution in [3.63, 3.8) is 0 Å². The van der Waals surface area contributed by atoms with Crippen molar-refractivity contribution >= 4 is 0 Å². The lowest BCUT2D eigenvalue weighted by atomic mass is 9.89. The van der Waals surface area contributed by atoms with E-state index in [1.54, 1.807) is 6.92 Å². The molecule has 0 spiro atoms. The molecule has 0 bridgehead atoms. The largest absolute Gasteiger partial charge is 0.494 e. The van der Waals surface area contributed by atoms with E-state index in [1.807, 2.05) is 6.92 Å². The molecule has 3 N–H and O–H groups in total. The maximum Gasteiger partial charge on any atom is 0.416 e. The molecular formula is C15H22F3NO2. The minimum atomic E-state index is -4.39. The molecule has 1 rings (SSSR count). The first-order chi connectivity index (χ1) is 9.83. The average Bonchev–Trinajstić information content (AvgIpc) is 2.44. The van der Waals surface area contributed by atoms with Crippen LogP contribution in [-0.4, -0.2) is 24.9 Å². The van der Waals surface area contributed by atoms with Gasteiger partial charge in [-0.3, -0.25) is 0 Å². The fourth-order valence-electron chi connectivity index (χ4n) is 2.27. The molecular weight excluding hydrogens is 283 g/mol. The van der Waals surface area contributed by atoms with Crippen molar-refractivity contribution in [3.8, 4) is 5.75 Å². The van der Waals surface area contributed by atoms with E-state index >= 15 is 0 Å². The molecule has 0 aliphatic rings. The van der Waals surface area contributed by atoms with Gasteiger partial charge in [0, 0.05) is 6.61 Å². The number of ether oxygens (including phenoxy) is 1. The Morgan fingerprint density at radius 1 is 1.33 bits per heavy atom. The number of aliphatic hydroxyl groups is 1. The Kier molecular flexibility index (Phi) is 6.48. The van der Waals surface area contributed by atoms with Crippen molar-refractivity contribution in [2.24, 2.45) is 11.7 Å². The number of hydrogen-bond donors (Lipinski definition) is 2. The molecule has 6 heteroatoms. The standard InChI is InChI=1S/C15H22F3NO2/c1-3-21-14-5-4-12(15(16,17)18)7-13(14)10(2)6-11(8-19)9-20/h4-5,7,10-11,20H,3,6,8-9,19H2,1-2H3. The van der Waals surface area contributed by atoms with E-state index in [1.165, 1.54) is 6.07 Å². The number of nitrogens with two attached hydrogens (primary N) is 1. The molecule has 2 atom stereocenters. The van der Waals surface area contributed by atoms with Gasteiger partial charge in [-0.1, -0.05) is 6.92 Å². The van der Waals surface area contributed by atoms with Crippen LogP contribution in [0.2, 0.25) is 0 Å². The highest BCUT2D eigenvalue weighted by Crippen LogP contribution is 2.37. The Morgan fingerprint density at radius 3 is 2.48 bits per heavy atom. The minimum Gasteiger partial charge on any atom is -0.494 e. The van der Waals surface area contributed by atoms with Crippen molar-refractivity contribution in [3.05, 3.63) is 29.3 Å². The molecule has 0 saturated carbocycles. The van der Waals surface area contributed by atoms with Gasteiger partial charge in [0.2, 0.25) is 0 Å². The Hall–Kier alpha value is -1.27. The van der Waals surface area contributed by atoms with Gasteiger partial charge >= 0.3 is 6.18 Å². The van der Waals surface area contributed by atoms with Gasteiger partial charge in [-0.05, 0) is 55.5 Å². The highest BCUT2D eigenvalue weighted by Gasteiger charge is 2.32. The quantitative estimate of drug-likeness (QED) is 0.813. The Bertz CT molecular complexity index is 445. The lowest BCUT2D eigenvalue weighted by molar-refractivity contribution is -0.137. The number of aliphatic hydroxyl groups excluding tert-OH is 1. The molecule has 3 nitrogen and oxygen atoms in total. The van der Waals surface area contributed by atoms with Gasteiger partial charge in [-0.2, -0.15) is 13.2 Å². The molecule has 0 radical (unpaired) electrons. The van der Waals surface area contributed by atoms with Crippen LogP contribution in [0.25, 0.3) is 0 Å². The second kappa shape index (κ2) is 7.66. The summed E-state index contributed by atoms with van der Waals surface area (Å²) in [5, 5.41) is 9.19. The highest BCUT2D eigenvalue weighted by atomic mass is 19.4. The van der Waals surface area contributed by atoms with Crippen molar-refractivity contribution in [1.82, 2.24) is 0 Å². The first kappa shape index (κ1) is 17.8. The summed E-state index contributed by atoms with van der Waals surface area (Å²) in [6.07, 6.45) is -3.88. The first-order valence-electron chi connectivity index (χ1n) is 6.98. The summed E-state index contributed by atoms with van der Waals surface area (Å²) in [7, 11) is 0. The summed E-state index contributed by atoms with van der Waals surface area (Å²) in [4.78, 5) is 0. The molecule has 0 fully saturated rings. The number of alkyl halides is 3. The second-order valence-electron chi connectivity index (χ2n) is 5.10. The van der Waals surface area contributed by atoms with Gasteiger partial charge in [-0.15, -0.1) is 0 Å². The summed E-state index contributed by atoms with van der Waals surface area (Å²) < 4.78 is 43.9. The summed E-state index contributed by atoms with van der Waals surface area (Å²) in [5.41, 5.74) is 5.34. The van der Waals surface area contributed by atoms with Crippen LogP contribution in [0.3, 0.4) is 0 Å². The first-order valence-corrected chi connectivity index (χ1v) is 6.98. The molecule has 1 aromatic carbocycles. The summed E-state index contributed by atoms with van der Waals surface area (Å²) in [5.74, 6) is 0.130. The van der Waals surface area contributed by atoms with E-state index in [9.17, 15) is 18.3 Å². The fraction of sp³-hybridized carbons (Fsp3) is 0.600. The van der Waals surface area contributed by atoms with Gasteiger partial charge in [0.1, 0.15) is 5.75 Å². The Labute approximate surface area is 122 Å². The monoisotopic (exact) mass is 305 g/mol. The van der Waals surface area contributed by atoms with E-state index in [0.29, 0.717) is 30.9 Å². The van der Waals surface area contributed by atoms with E-state index in [4.69, 9.17) is 10.5 Å². The lowest BCUT2D eigenvalue weighted by Gasteiger charge is -2.21. The molecule has 1 aromatic rings. The van der Waals surface area contributed by atoms with Gasteiger partial charge < -0.3 is 15.6 Å². The molecule has 0 saturated heterocycles. The van der Waals surface area contributed by atoms with E-state index in [0.717, 1.165) is 12.1 Å². The highest BCUT2D eigenvalue weighted by molar-refractivity contribution is 5.40. The van der Waals surface area contributed by atoms with Gasteiger partial charge in [0.15, 0.2) is 0 Å². The van der Waals surface area contributed by atoms with Crippen LogP contribution in [0.5, 0.6) is 5.75 Å². The molecule has 120 valence electrons. The average molecular weight is 305 g/mol. The third-order valence-corrected chi connectivity index (χ3v) is 3.45. The van der Waals surface area contributed by atoms with Crippen molar-refractivity contribution in [2.45, 2.75) is 32.4 Å². The third-order valence-electron chi connectivity index (χ3n) is 3.45. The SMILES string of the molecule is CCOc1ccc(C(F)(F)F)cc1C(C)CC(CN)CO. The zero-order valence-electron chi connectivity index (χ0n) is 12.3. The maximum atomic E-state index is 12.8. The van der Waals surface area contributed by atoms with Gasteiger partial charge in [0.25, 0.3) is 0 Å². The van der Waals surface area contributed by atoms with Gasteiger partial charge in [0.05, 0.1) is 12.2 Å². The molecule has 0 aliphatic heterocycles. The van der Waals surface area contributed by atoms with Crippen molar-refractivity contribution in [1.29, 1.82) is 0 Å². The summed E-state index contributed by atoms with van der Waals surface area (Å²) in [6.45, 7) is 4.19. The molecule has 0 heterocycles. The van der Waals surface area contributed by atoms with E-state index in [-0.39, 0.29) is 18.4 Å². The second-order valence-corrected chi connectivity index (χ2v) is 5.10. The molecule has 2 unspecified atom stereocenters. The molecule has 0 aromatic heterocycles. The smallest absolute Gasteiger partial charge is 0.416 e. The lowest BCUT2D eigenvalue weighted by Crippen LogP contribution is -2.20. The van der Waals surface area contributed by atoms with Crippen LogP contribution in [0.4, 0.5) is 13.2 Å². The predicted octanol–water partition coefficient (Wildman–Crippen LogP) is 3.16. The normalized spacial score (nSPS) is 14.8. The van der Waals surface area contributed by atoms with Crippen LogP contribution in [-0.2, 0) is 6.18 Å². The van der Waals surface area contributed by atoms with Crippen LogP contribution >= 0.6 is 0 Å². The van der Waals surface area contributed by atoms with Crippen LogP contribution in [0.1, 0.15) is 37.3 Å². The predicted molar refractivity (Wildman–Crippen MR) is 75.3 cm³/mol. The zero-order valence-corrected chi connectivity index (χ0v) is 12.3. The number of hydrogen-bond acceptors (Lipinski definition) is 3. The van der Waals surface area contributed by atoms with Crippen molar-refractivity contribution in [2.75, 3.05) is 19.8 Å². The summed E-state index contributed by atoms with van der Waals surface area (Å²) >= 11 is 0. The minimum absolute atomic E-state index is 0.0796. The number of halogens is 3. The van der Waals surface area contributed by atoms with Crippen LogP contribution in [0, 0.1) is 5.92 Å². The van der Waals surface area contributed by atoms with E-state index in [2.05, 4.69) is 0 Å². The Morgan fingerprint density at radius 2 is 2.00 bits per heavy atom. The van der Waals surface area contributed by atoms with Crippen LogP contribution < -0.4 is 10.5 Å². The van der Waals surface area contributed by atoms with Gasteiger partial charge in [-0.25, -0.2) is 0 Å². The maximum absolute atomic E-state index is 12.8.